The second kappa shape index (κ2) is 11.6. The van der Waals surface area contributed by atoms with Crippen LogP contribution in [-0.4, -0.2) is 58.2 Å². The molecule has 2 aromatic carbocycles. The minimum atomic E-state index is -0.389. The normalized spacial score (nSPS) is 14.0. The first-order chi connectivity index (χ1) is 21.1. The molecular formula is C30H25FN8O2S2. The molecule has 6 aromatic rings. The molecule has 4 aromatic heterocycles. The average Bonchev–Trinajstić information content (AvgIpc) is 3.77. The second-order valence-electron chi connectivity index (χ2n) is 10.1. The van der Waals surface area contributed by atoms with Crippen LogP contribution in [0.2, 0.25) is 0 Å². The number of aromatic amines is 1. The van der Waals surface area contributed by atoms with Crippen molar-refractivity contribution in [2.75, 3.05) is 13.1 Å². The number of amides is 1. The SMILES string of the molecule is O=C(c1csc(CSc2nnc(-c3ccncc3)n2-c2ccccc2F)n1)N1CCC(n2c(=O)[nH]c3ccccc32)CC1. The predicted molar refractivity (Wildman–Crippen MR) is 163 cm³/mol. The van der Waals surface area contributed by atoms with Gasteiger partial charge in [-0.05, 0) is 49.2 Å². The number of benzene rings is 2. The number of hydrogen-bond acceptors (Lipinski definition) is 8. The Balaban J connectivity index is 1.04. The summed E-state index contributed by atoms with van der Waals surface area (Å²) in [5.41, 5.74) is 3.09. The zero-order valence-electron chi connectivity index (χ0n) is 22.8. The van der Waals surface area contributed by atoms with Gasteiger partial charge in [-0.3, -0.25) is 18.9 Å². The van der Waals surface area contributed by atoms with Crippen LogP contribution >= 0.6 is 23.1 Å². The van der Waals surface area contributed by atoms with Gasteiger partial charge in [0.25, 0.3) is 5.91 Å². The van der Waals surface area contributed by atoms with Crippen LogP contribution in [0.15, 0.2) is 88.4 Å². The lowest BCUT2D eigenvalue weighted by Crippen LogP contribution is -2.40. The lowest BCUT2D eigenvalue weighted by molar-refractivity contribution is 0.0689. The fraction of sp³-hybridized carbons (Fsp3) is 0.200. The topological polar surface area (TPSA) is 115 Å². The number of para-hydroxylation sites is 3. The van der Waals surface area contributed by atoms with E-state index in [9.17, 15) is 14.0 Å². The van der Waals surface area contributed by atoms with Crippen molar-refractivity contribution in [3.8, 4) is 17.1 Å². The third-order valence-electron chi connectivity index (χ3n) is 7.50. The van der Waals surface area contributed by atoms with Gasteiger partial charge in [0, 0.05) is 42.5 Å². The molecule has 5 heterocycles. The van der Waals surface area contributed by atoms with E-state index in [1.807, 2.05) is 28.8 Å². The van der Waals surface area contributed by atoms with Crippen molar-refractivity contribution in [1.82, 2.24) is 39.2 Å². The first kappa shape index (κ1) is 27.2. The first-order valence-corrected chi connectivity index (χ1v) is 15.6. The fourth-order valence-electron chi connectivity index (χ4n) is 5.43. The van der Waals surface area contributed by atoms with Gasteiger partial charge in [0.1, 0.15) is 16.5 Å². The Morgan fingerprint density at radius 1 is 1.02 bits per heavy atom. The molecule has 216 valence electrons. The van der Waals surface area contributed by atoms with Gasteiger partial charge in [0.15, 0.2) is 11.0 Å². The third kappa shape index (κ3) is 5.25. The Morgan fingerprint density at radius 3 is 2.60 bits per heavy atom. The molecule has 0 atom stereocenters. The number of fused-ring (bicyclic) bond motifs is 1. The number of thioether (sulfide) groups is 1. The first-order valence-electron chi connectivity index (χ1n) is 13.7. The van der Waals surface area contributed by atoms with Crippen LogP contribution in [0.25, 0.3) is 28.1 Å². The molecule has 0 unspecified atom stereocenters. The summed E-state index contributed by atoms with van der Waals surface area (Å²) in [4.78, 5) is 39.3. The summed E-state index contributed by atoms with van der Waals surface area (Å²) in [5, 5.41) is 11.7. The summed E-state index contributed by atoms with van der Waals surface area (Å²) < 4.78 is 18.4. The number of aromatic nitrogens is 7. The van der Waals surface area contributed by atoms with Gasteiger partial charge in [-0.25, -0.2) is 14.2 Å². The predicted octanol–water partition coefficient (Wildman–Crippen LogP) is 5.34. The number of hydrogen-bond donors (Lipinski definition) is 1. The highest BCUT2D eigenvalue weighted by Crippen LogP contribution is 2.32. The number of carbonyl (C=O) groups excluding carboxylic acids is 1. The maximum atomic E-state index is 14.9. The van der Waals surface area contributed by atoms with Gasteiger partial charge in [0.2, 0.25) is 0 Å². The van der Waals surface area contributed by atoms with Crippen molar-refractivity contribution in [3.05, 3.63) is 105 Å². The van der Waals surface area contributed by atoms with E-state index in [2.05, 4.69) is 25.1 Å². The largest absolute Gasteiger partial charge is 0.337 e. The quantitative estimate of drug-likeness (QED) is 0.242. The molecule has 7 rings (SSSR count). The van der Waals surface area contributed by atoms with Crippen molar-refractivity contribution in [3.63, 3.8) is 0 Å². The molecule has 43 heavy (non-hydrogen) atoms. The highest BCUT2D eigenvalue weighted by Gasteiger charge is 2.28. The number of carbonyl (C=O) groups is 1. The number of nitrogens with one attached hydrogen (secondary N) is 1. The Bertz CT molecular complexity index is 1970. The standard InChI is InChI=1S/C30H25FN8O2S2/c31-21-5-1-3-7-24(21)39-27(19-9-13-32-14-10-19)35-36-30(39)43-18-26-33-23(17-42-26)28(40)37-15-11-20(12-16-37)38-25-8-4-2-6-22(25)34-29(38)41/h1-10,13-14,17,20H,11-12,15-16,18H2,(H,34,41). The molecular weight excluding hydrogens is 588 g/mol. The molecule has 0 aliphatic carbocycles. The number of imidazole rings is 1. The highest BCUT2D eigenvalue weighted by atomic mass is 32.2. The van der Waals surface area contributed by atoms with Crippen molar-refractivity contribution in [2.24, 2.45) is 0 Å². The Labute approximate surface area is 253 Å². The van der Waals surface area contributed by atoms with E-state index >= 15 is 0 Å². The summed E-state index contributed by atoms with van der Waals surface area (Å²) >= 11 is 2.78. The molecule has 0 bridgehead atoms. The highest BCUT2D eigenvalue weighted by molar-refractivity contribution is 7.98. The molecule has 1 fully saturated rings. The Morgan fingerprint density at radius 2 is 1.79 bits per heavy atom. The number of halogens is 1. The smallest absolute Gasteiger partial charge is 0.326 e. The van der Waals surface area contributed by atoms with Crippen molar-refractivity contribution < 1.29 is 9.18 Å². The molecule has 0 spiro atoms. The van der Waals surface area contributed by atoms with E-state index in [0.717, 1.165) is 21.6 Å². The van der Waals surface area contributed by atoms with Gasteiger partial charge < -0.3 is 9.88 Å². The number of thiazole rings is 1. The van der Waals surface area contributed by atoms with Gasteiger partial charge in [-0.15, -0.1) is 21.5 Å². The van der Waals surface area contributed by atoms with Crippen molar-refractivity contribution in [1.29, 1.82) is 0 Å². The number of nitrogens with zero attached hydrogens (tertiary/aromatic N) is 7. The molecule has 1 N–H and O–H groups in total. The third-order valence-corrected chi connectivity index (χ3v) is 9.47. The summed E-state index contributed by atoms with van der Waals surface area (Å²) in [6.07, 6.45) is 4.68. The second-order valence-corrected chi connectivity index (χ2v) is 12.0. The molecule has 13 heteroatoms. The van der Waals surface area contributed by atoms with Gasteiger partial charge in [-0.1, -0.05) is 36.0 Å². The van der Waals surface area contributed by atoms with Crippen LogP contribution in [0.3, 0.4) is 0 Å². The van der Waals surface area contributed by atoms with Gasteiger partial charge in [-0.2, -0.15) is 0 Å². The average molecular weight is 613 g/mol. The monoisotopic (exact) mass is 612 g/mol. The molecule has 0 saturated carbocycles. The van der Waals surface area contributed by atoms with E-state index in [-0.39, 0.29) is 23.5 Å². The van der Waals surface area contributed by atoms with Crippen LogP contribution in [0.4, 0.5) is 4.39 Å². The molecule has 1 amide bonds. The van der Waals surface area contributed by atoms with Crippen LogP contribution in [-0.2, 0) is 5.75 Å². The molecule has 0 radical (unpaired) electrons. The van der Waals surface area contributed by atoms with E-state index in [1.54, 1.807) is 57.6 Å². The summed E-state index contributed by atoms with van der Waals surface area (Å²) in [5.74, 6) is 0.432. The van der Waals surface area contributed by atoms with Crippen molar-refractivity contribution >= 4 is 40.0 Å². The minimum Gasteiger partial charge on any atom is -0.337 e. The lowest BCUT2D eigenvalue weighted by atomic mass is 10.0. The summed E-state index contributed by atoms with van der Waals surface area (Å²) in [6.45, 7) is 1.08. The van der Waals surface area contributed by atoms with Crippen LogP contribution < -0.4 is 5.69 Å². The number of likely N-dealkylation sites (tertiary alicyclic amines) is 1. The van der Waals surface area contributed by atoms with Crippen LogP contribution in [0.1, 0.15) is 34.4 Å². The zero-order chi connectivity index (χ0) is 29.3. The summed E-state index contributed by atoms with van der Waals surface area (Å²) in [6, 6.07) is 17.8. The number of piperidine rings is 1. The fourth-order valence-corrected chi connectivity index (χ4v) is 7.16. The number of H-pyrrole nitrogens is 1. The zero-order valence-corrected chi connectivity index (χ0v) is 24.4. The number of rotatable bonds is 7. The molecule has 1 aliphatic rings. The van der Waals surface area contributed by atoms with Crippen LogP contribution in [0.5, 0.6) is 0 Å². The van der Waals surface area contributed by atoms with Gasteiger partial charge in [0.05, 0.1) is 22.5 Å². The Hall–Kier alpha value is -4.62. The lowest BCUT2D eigenvalue weighted by Gasteiger charge is -2.32. The van der Waals surface area contributed by atoms with E-state index in [0.29, 0.717) is 54.0 Å². The Kier molecular flexibility index (Phi) is 7.33. The maximum Gasteiger partial charge on any atom is 0.326 e. The van der Waals surface area contributed by atoms with Crippen LogP contribution in [0, 0.1) is 5.82 Å². The number of pyridine rings is 1. The minimum absolute atomic E-state index is 0.0268. The van der Waals surface area contributed by atoms with Crippen molar-refractivity contribution in [2.45, 2.75) is 29.8 Å². The van der Waals surface area contributed by atoms with E-state index in [1.165, 1.54) is 29.2 Å². The molecule has 1 aliphatic heterocycles. The van der Waals surface area contributed by atoms with Gasteiger partial charge >= 0.3 is 5.69 Å². The molecule has 10 nitrogen and oxygen atoms in total. The van der Waals surface area contributed by atoms with E-state index < -0.39 is 0 Å². The molecule has 1 saturated heterocycles. The summed E-state index contributed by atoms with van der Waals surface area (Å²) in [7, 11) is 0. The van der Waals surface area contributed by atoms with E-state index in [4.69, 9.17) is 0 Å². The maximum absolute atomic E-state index is 14.9.